The molecule has 0 bridgehead atoms. The number of terminal acetylenes is 1. The molecule has 2 aromatic rings. The summed E-state index contributed by atoms with van der Waals surface area (Å²) in [5.74, 6) is 1.92. The van der Waals surface area contributed by atoms with E-state index >= 15 is 0 Å². The minimum absolute atomic E-state index is 0.0159. The monoisotopic (exact) mass is 354 g/mol. The average Bonchev–Trinajstić information content (AvgIpc) is 3.03. The van der Waals surface area contributed by atoms with Gasteiger partial charge in [-0.2, -0.15) is 4.72 Å². The van der Waals surface area contributed by atoms with Crippen LogP contribution in [0.15, 0.2) is 53.4 Å². The molecule has 0 saturated heterocycles. The lowest BCUT2D eigenvalue weighted by Crippen LogP contribution is -2.28. The Morgan fingerprint density at radius 3 is 2.80 bits per heavy atom. The van der Waals surface area contributed by atoms with Gasteiger partial charge in [-0.3, -0.25) is 4.79 Å². The van der Waals surface area contributed by atoms with Gasteiger partial charge in [0.05, 0.1) is 17.5 Å². The quantitative estimate of drug-likeness (QED) is 0.807. The van der Waals surface area contributed by atoms with E-state index in [1.165, 1.54) is 17.7 Å². The van der Waals surface area contributed by atoms with Crippen LogP contribution in [-0.2, 0) is 16.4 Å². The number of benzene rings is 2. The summed E-state index contributed by atoms with van der Waals surface area (Å²) in [4.78, 5) is 12.6. The minimum Gasteiger partial charge on any atom is -0.345 e. The number of nitrogens with one attached hydrogen (secondary N) is 2. The van der Waals surface area contributed by atoms with Crippen molar-refractivity contribution in [1.82, 2.24) is 10.0 Å². The highest BCUT2D eigenvalue weighted by Gasteiger charge is 2.24. The van der Waals surface area contributed by atoms with Gasteiger partial charge in [0.1, 0.15) is 0 Å². The summed E-state index contributed by atoms with van der Waals surface area (Å²) < 4.78 is 26.6. The van der Waals surface area contributed by atoms with Crippen LogP contribution in [0.2, 0.25) is 0 Å². The molecule has 0 fully saturated rings. The summed E-state index contributed by atoms with van der Waals surface area (Å²) in [6.45, 7) is -0.0996. The zero-order valence-corrected chi connectivity index (χ0v) is 14.3. The van der Waals surface area contributed by atoms with Gasteiger partial charge in [-0.05, 0) is 42.2 Å². The Balaban J connectivity index is 1.78. The van der Waals surface area contributed by atoms with E-state index < -0.39 is 10.0 Å². The Bertz CT molecular complexity index is 945. The van der Waals surface area contributed by atoms with Crippen molar-refractivity contribution in [3.05, 3.63) is 65.2 Å². The van der Waals surface area contributed by atoms with Crippen LogP contribution in [0.25, 0.3) is 0 Å². The van der Waals surface area contributed by atoms with Gasteiger partial charge < -0.3 is 5.32 Å². The lowest BCUT2D eigenvalue weighted by atomic mass is 10.1. The second kappa shape index (κ2) is 7.09. The van der Waals surface area contributed by atoms with E-state index in [2.05, 4.69) is 22.0 Å². The second-order valence-corrected chi connectivity index (χ2v) is 7.59. The molecule has 1 aliphatic rings. The van der Waals surface area contributed by atoms with Crippen LogP contribution in [0.3, 0.4) is 0 Å². The molecule has 0 spiro atoms. The summed E-state index contributed by atoms with van der Waals surface area (Å²) in [5, 5.41) is 2.99. The van der Waals surface area contributed by atoms with Gasteiger partial charge in [-0.1, -0.05) is 36.3 Å². The Kier molecular flexibility index (Phi) is 4.88. The molecule has 1 atom stereocenters. The Morgan fingerprint density at radius 2 is 2.00 bits per heavy atom. The third kappa shape index (κ3) is 3.73. The molecule has 0 heterocycles. The zero-order valence-electron chi connectivity index (χ0n) is 13.5. The van der Waals surface area contributed by atoms with Crippen molar-refractivity contribution in [3.8, 4) is 12.3 Å². The first kappa shape index (κ1) is 17.2. The van der Waals surface area contributed by atoms with Gasteiger partial charge in [0.15, 0.2) is 0 Å². The van der Waals surface area contributed by atoms with E-state index in [9.17, 15) is 13.2 Å². The Labute approximate surface area is 147 Å². The third-order valence-electron chi connectivity index (χ3n) is 4.21. The first-order valence-electron chi connectivity index (χ1n) is 7.93. The molecule has 0 aromatic heterocycles. The molecule has 5 nitrogen and oxygen atoms in total. The average molecular weight is 354 g/mol. The fourth-order valence-corrected chi connectivity index (χ4v) is 3.95. The van der Waals surface area contributed by atoms with E-state index in [-0.39, 0.29) is 23.4 Å². The molecule has 1 unspecified atom stereocenters. The second-order valence-electron chi connectivity index (χ2n) is 5.82. The van der Waals surface area contributed by atoms with Gasteiger partial charge in [0.25, 0.3) is 5.91 Å². The number of hydrogen-bond donors (Lipinski definition) is 2. The van der Waals surface area contributed by atoms with Crippen molar-refractivity contribution >= 4 is 15.9 Å². The van der Waals surface area contributed by atoms with Gasteiger partial charge in [0, 0.05) is 5.56 Å². The largest absolute Gasteiger partial charge is 0.345 e. The van der Waals surface area contributed by atoms with Gasteiger partial charge in [-0.15, -0.1) is 6.42 Å². The fourth-order valence-electron chi connectivity index (χ4n) is 2.97. The molecular weight excluding hydrogens is 336 g/mol. The fraction of sp³-hybridized carbons (Fsp3) is 0.211. The number of amides is 1. The van der Waals surface area contributed by atoms with E-state index in [1.807, 2.05) is 18.2 Å². The molecule has 0 aliphatic heterocycles. The molecular formula is C19H18N2O3S. The standard InChI is InChI=1S/C19H18N2O3S/c1-2-12-20-25(23,24)16-8-5-7-15(13-16)19(22)21-18-11-10-14-6-3-4-9-17(14)18/h1,3-9,13,18,20H,10-12H2,(H,21,22). The predicted octanol–water partition coefficient (Wildman–Crippen LogP) is 2.02. The molecule has 0 saturated carbocycles. The van der Waals surface area contributed by atoms with Gasteiger partial charge in [-0.25, -0.2) is 8.42 Å². The highest BCUT2D eigenvalue weighted by atomic mass is 32.2. The summed E-state index contributed by atoms with van der Waals surface area (Å²) in [7, 11) is -3.73. The molecule has 6 heteroatoms. The normalized spacial score (nSPS) is 16.0. The van der Waals surface area contributed by atoms with Crippen molar-refractivity contribution in [2.24, 2.45) is 0 Å². The molecule has 2 aromatic carbocycles. The van der Waals surface area contributed by atoms with Gasteiger partial charge >= 0.3 is 0 Å². The van der Waals surface area contributed by atoms with E-state index in [0.717, 1.165) is 18.4 Å². The number of fused-ring (bicyclic) bond motifs is 1. The summed E-state index contributed by atoms with van der Waals surface area (Å²) in [6.07, 6.45) is 6.84. The van der Waals surface area contributed by atoms with Crippen LogP contribution in [0.1, 0.15) is 33.9 Å². The zero-order chi connectivity index (χ0) is 17.9. The highest BCUT2D eigenvalue weighted by Crippen LogP contribution is 2.30. The maximum absolute atomic E-state index is 12.5. The summed E-state index contributed by atoms with van der Waals surface area (Å²) >= 11 is 0. The maximum atomic E-state index is 12.5. The van der Waals surface area contributed by atoms with Crippen LogP contribution in [0.5, 0.6) is 0 Å². The number of hydrogen-bond acceptors (Lipinski definition) is 3. The third-order valence-corrected chi connectivity index (χ3v) is 5.61. The lowest BCUT2D eigenvalue weighted by molar-refractivity contribution is 0.0936. The van der Waals surface area contributed by atoms with Crippen molar-refractivity contribution in [1.29, 1.82) is 0 Å². The number of aryl methyl sites for hydroxylation is 1. The SMILES string of the molecule is C#CCNS(=O)(=O)c1cccc(C(=O)NC2CCc3ccccc32)c1. The molecule has 1 amide bonds. The lowest BCUT2D eigenvalue weighted by Gasteiger charge is -2.14. The van der Waals surface area contributed by atoms with Crippen molar-refractivity contribution in [2.75, 3.05) is 6.54 Å². The summed E-state index contributed by atoms with van der Waals surface area (Å²) in [6, 6.07) is 13.9. The van der Waals surface area contributed by atoms with E-state index in [4.69, 9.17) is 6.42 Å². The molecule has 2 N–H and O–H groups in total. The molecule has 128 valence electrons. The number of carbonyl (C=O) groups excluding carboxylic acids is 1. The molecule has 0 radical (unpaired) electrons. The number of carbonyl (C=O) groups is 1. The first-order chi connectivity index (χ1) is 12.0. The molecule has 25 heavy (non-hydrogen) atoms. The van der Waals surface area contributed by atoms with Crippen LogP contribution in [0, 0.1) is 12.3 Å². The smallest absolute Gasteiger partial charge is 0.251 e. The van der Waals surface area contributed by atoms with Crippen molar-refractivity contribution in [2.45, 2.75) is 23.8 Å². The molecule has 3 rings (SSSR count). The topological polar surface area (TPSA) is 75.3 Å². The highest BCUT2D eigenvalue weighted by molar-refractivity contribution is 7.89. The first-order valence-corrected chi connectivity index (χ1v) is 9.41. The maximum Gasteiger partial charge on any atom is 0.251 e. The van der Waals surface area contributed by atoms with Crippen molar-refractivity contribution in [3.63, 3.8) is 0 Å². The number of sulfonamides is 1. The Hall–Kier alpha value is -2.62. The van der Waals surface area contributed by atoms with Crippen molar-refractivity contribution < 1.29 is 13.2 Å². The van der Waals surface area contributed by atoms with Gasteiger partial charge in [0.2, 0.25) is 10.0 Å². The van der Waals surface area contributed by atoms with E-state index in [1.54, 1.807) is 12.1 Å². The summed E-state index contributed by atoms with van der Waals surface area (Å²) in [5.41, 5.74) is 2.66. The van der Waals surface area contributed by atoms with Crippen LogP contribution in [0.4, 0.5) is 0 Å². The van der Waals surface area contributed by atoms with E-state index in [0.29, 0.717) is 5.56 Å². The van der Waals surface area contributed by atoms with Crippen LogP contribution >= 0.6 is 0 Å². The Morgan fingerprint density at radius 1 is 1.20 bits per heavy atom. The number of rotatable bonds is 5. The predicted molar refractivity (Wildman–Crippen MR) is 95.4 cm³/mol. The van der Waals surface area contributed by atoms with Crippen LogP contribution in [-0.4, -0.2) is 20.9 Å². The molecule has 1 aliphatic carbocycles. The minimum atomic E-state index is -3.73. The van der Waals surface area contributed by atoms with Crippen LogP contribution < -0.4 is 10.0 Å².